The van der Waals surface area contributed by atoms with Gasteiger partial charge in [-0.25, -0.2) is 0 Å². The van der Waals surface area contributed by atoms with Gasteiger partial charge in [0.05, 0.1) is 17.5 Å². The number of aliphatic hydroxyl groups is 1. The Kier molecular flexibility index (Phi) is 2.34. The van der Waals surface area contributed by atoms with Crippen LogP contribution in [0.3, 0.4) is 0 Å². The fourth-order valence-corrected chi connectivity index (χ4v) is 2.67. The van der Waals surface area contributed by atoms with E-state index in [1.807, 2.05) is 0 Å². The first kappa shape index (κ1) is 9.09. The third-order valence-electron chi connectivity index (χ3n) is 2.83. The van der Waals surface area contributed by atoms with Crippen molar-refractivity contribution in [3.63, 3.8) is 0 Å². The van der Waals surface area contributed by atoms with Gasteiger partial charge in [0, 0.05) is 24.0 Å². The molecule has 0 aromatic carbocycles. The summed E-state index contributed by atoms with van der Waals surface area (Å²) in [6.07, 6.45) is 0.360. The summed E-state index contributed by atoms with van der Waals surface area (Å²) in [5.41, 5.74) is 8.34. The quantitative estimate of drug-likeness (QED) is 0.295. The van der Waals surface area contributed by atoms with E-state index in [1.165, 1.54) is 0 Å². The van der Waals surface area contributed by atoms with Crippen LogP contribution in [0.4, 0.5) is 0 Å². The van der Waals surface area contributed by atoms with Gasteiger partial charge in [-0.1, -0.05) is 5.11 Å². The third kappa shape index (κ3) is 1.38. The highest BCUT2D eigenvalue weighted by molar-refractivity contribution is 6.21. The molecule has 2 rings (SSSR count). The van der Waals surface area contributed by atoms with E-state index in [2.05, 4.69) is 14.9 Å². The molecule has 2 saturated heterocycles. The van der Waals surface area contributed by atoms with Crippen molar-refractivity contribution in [2.45, 2.75) is 30.0 Å². The summed E-state index contributed by atoms with van der Waals surface area (Å²) < 4.78 is 0. The molecule has 2 heterocycles. The fraction of sp³-hybridized carbons (Fsp3) is 1.00. The lowest BCUT2D eigenvalue weighted by Crippen LogP contribution is -2.35. The molecule has 5 nitrogen and oxygen atoms in total. The molecule has 0 spiro atoms. The summed E-state index contributed by atoms with van der Waals surface area (Å²) >= 11 is 6.07. The second kappa shape index (κ2) is 3.35. The molecule has 13 heavy (non-hydrogen) atoms. The molecule has 4 unspecified atom stereocenters. The molecule has 0 aliphatic carbocycles. The van der Waals surface area contributed by atoms with Crippen LogP contribution in [0.25, 0.3) is 10.4 Å². The maximum Gasteiger partial charge on any atom is 0.0815 e. The van der Waals surface area contributed by atoms with Crippen LogP contribution in [0.1, 0.15) is 6.42 Å². The summed E-state index contributed by atoms with van der Waals surface area (Å²) in [6, 6.07) is -0.331. The van der Waals surface area contributed by atoms with Gasteiger partial charge in [0.2, 0.25) is 0 Å². The third-order valence-corrected chi connectivity index (χ3v) is 3.31. The van der Waals surface area contributed by atoms with Crippen LogP contribution in [0.15, 0.2) is 5.11 Å². The van der Waals surface area contributed by atoms with Gasteiger partial charge < -0.3 is 5.11 Å². The lowest BCUT2D eigenvalue weighted by molar-refractivity contribution is 0.164. The van der Waals surface area contributed by atoms with Gasteiger partial charge in [-0.15, -0.1) is 11.6 Å². The van der Waals surface area contributed by atoms with E-state index in [1.54, 1.807) is 0 Å². The van der Waals surface area contributed by atoms with Crippen molar-refractivity contribution in [1.29, 1.82) is 0 Å². The minimum atomic E-state index is -0.553. The highest BCUT2D eigenvalue weighted by Crippen LogP contribution is 2.33. The highest BCUT2D eigenvalue weighted by Gasteiger charge is 2.47. The number of hydrogen-bond donors (Lipinski definition) is 1. The second-order valence-electron chi connectivity index (χ2n) is 3.55. The molecule has 6 heteroatoms. The molecule has 0 amide bonds. The van der Waals surface area contributed by atoms with E-state index >= 15 is 0 Å². The van der Waals surface area contributed by atoms with Gasteiger partial charge in [-0.3, -0.25) is 4.90 Å². The van der Waals surface area contributed by atoms with Crippen LogP contribution >= 0.6 is 11.6 Å². The Morgan fingerprint density at radius 1 is 1.62 bits per heavy atom. The van der Waals surface area contributed by atoms with Crippen LogP contribution in [0, 0.1) is 0 Å². The number of alkyl halides is 1. The van der Waals surface area contributed by atoms with Gasteiger partial charge in [0.15, 0.2) is 0 Å². The van der Waals surface area contributed by atoms with Crippen molar-refractivity contribution in [3.05, 3.63) is 10.4 Å². The fourth-order valence-electron chi connectivity index (χ4n) is 2.26. The molecule has 4 atom stereocenters. The summed E-state index contributed by atoms with van der Waals surface area (Å²) in [5, 5.41) is 13.2. The van der Waals surface area contributed by atoms with Crippen molar-refractivity contribution in [2.24, 2.45) is 5.11 Å². The zero-order valence-corrected chi connectivity index (χ0v) is 7.80. The minimum Gasteiger partial charge on any atom is -0.391 e. The standard InChI is InChI=1S/C7H11ClN4O/c8-4-1-2-12-3-5(13)6(7(4)12)10-11-9/h4-7,13H,1-3H2. The maximum absolute atomic E-state index is 9.58. The van der Waals surface area contributed by atoms with Gasteiger partial charge >= 0.3 is 0 Å². The molecule has 0 radical (unpaired) electrons. The number of hydrogen-bond acceptors (Lipinski definition) is 3. The van der Waals surface area contributed by atoms with E-state index in [4.69, 9.17) is 17.1 Å². The molecule has 2 aliphatic rings. The van der Waals surface area contributed by atoms with E-state index in [-0.39, 0.29) is 17.5 Å². The number of azide groups is 1. The smallest absolute Gasteiger partial charge is 0.0815 e. The molecule has 72 valence electrons. The number of fused-ring (bicyclic) bond motifs is 1. The van der Waals surface area contributed by atoms with Crippen molar-refractivity contribution < 1.29 is 5.11 Å². The average Bonchev–Trinajstić information content (AvgIpc) is 2.57. The Morgan fingerprint density at radius 3 is 3.08 bits per heavy atom. The van der Waals surface area contributed by atoms with Crippen molar-refractivity contribution in [3.8, 4) is 0 Å². The van der Waals surface area contributed by atoms with E-state index in [0.29, 0.717) is 6.54 Å². The van der Waals surface area contributed by atoms with Gasteiger partial charge in [0.25, 0.3) is 0 Å². The normalized spacial score (nSPS) is 44.5. The van der Waals surface area contributed by atoms with Crippen molar-refractivity contribution in [2.75, 3.05) is 13.1 Å². The highest BCUT2D eigenvalue weighted by atomic mass is 35.5. The monoisotopic (exact) mass is 202 g/mol. The van der Waals surface area contributed by atoms with Gasteiger partial charge in [-0.2, -0.15) is 0 Å². The molecule has 0 aromatic rings. The molecule has 1 N–H and O–H groups in total. The summed E-state index contributed by atoms with van der Waals surface area (Å²) in [6.45, 7) is 1.48. The summed E-state index contributed by atoms with van der Waals surface area (Å²) in [4.78, 5) is 4.84. The largest absolute Gasteiger partial charge is 0.391 e. The first-order valence-electron chi connectivity index (χ1n) is 4.34. The molecule has 2 aliphatic heterocycles. The minimum absolute atomic E-state index is 0.00708. The van der Waals surface area contributed by atoms with Crippen LogP contribution in [-0.4, -0.2) is 46.7 Å². The maximum atomic E-state index is 9.58. The van der Waals surface area contributed by atoms with E-state index in [9.17, 15) is 5.11 Å². The zero-order valence-electron chi connectivity index (χ0n) is 7.04. The Morgan fingerprint density at radius 2 is 2.38 bits per heavy atom. The zero-order chi connectivity index (χ0) is 9.42. The first-order valence-corrected chi connectivity index (χ1v) is 4.78. The Hall–Kier alpha value is -0.480. The Balaban J connectivity index is 2.20. The predicted octanol–water partition coefficient (Wildman–Crippen LogP) is 0.722. The van der Waals surface area contributed by atoms with Gasteiger partial charge in [-0.05, 0) is 12.0 Å². The first-order chi connectivity index (χ1) is 6.24. The molecule has 0 saturated carbocycles. The molecular formula is C7H11ClN4O. The van der Waals surface area contributed by atoms with Crippen LogP contribution in [0.2, 0.25) is 0 Å². The topological polar surface area (TPSA) is 72.2 Å². The van der Waals surface area contributed by atoms with Crippen molar-refractivity contribution in [1.82, 2.24) is 4.90 Å². The number of aliphatic hydroxyl groups excluding tert-OH is 1. The summed E-state index contributed by atoms with van der Waals surface area (Å²) in [5.74, 6) is 0. The average molecular weight is 203 g/mol. The second-order valence-corrected chi connectivity index (χ2v) is 4.11. The van der Waals surface area contributed by atoms with E-state index in [0.717, 1.165) is 13.0 Å². The molecular weight excluding hydrogens is 192 g/mol. The van der Waals surface area contributed by atoms with Crippen LogP contribution < -0.4 is 0 Å². The summed E-state index contributed by atoms with van der Waals surface area (Å²) in [7, 11) is 0. The molecule has 2 fully saturated rings. The lowest BCUT2D eigenvalue weighted by atomic mass is 10.1. The van der Waals surface area contributed by atoms with Crippen LogP contribution in [-0.2, 0) is 0 Å². The van der Waals surface area contributed by atoms with Crippen molar-refractivity contribution >= 4 is 11.6 Å². The van der Waals surface area contributed by atoms with E-state index < -0.39 is 6.10 Å². The lowest BCUT2D eigenvalue weighted by Gasteiger charge is -2.19. The molecule has 0 aromatic heterocycles. The van der Waals surface area contributed by atoms with Gasteiger partial charge in [0.1, 0.15) is 0 Å². The number of nitrogens with zero attached hydrogens (tertiary/aromatic N) is 4. The SMILES string of the molecule is [N-]=[N+]=NC1C(O)CN2CCC(Cl)C12. The number of rotatable bonds is 1. The molecule has 0 bridgehead atoms. The van der Waals surface area contributed by atoms with Crippen LogP contribution in [0.5, 0.6) is 0 Å². The predicted molar refractivity (Wildman–Crippen MR) is 48.6 cm³/mol. The Bertz CT molecular complexity index is 255. The number of halogens is 1. The Labute approximate surface area is 80.9 Å².